The Labute approximate surface area is 223 Å². The van der Waals surface area contributed by atoms with E-state index in [1.165, 1.54) is 32.6 Å². The molecule has 0 saturated heterocycles. The van der Waals surface area contributed by atoms with Gasteiger partial charge in [0.15, 0.2) is 0 Å². The van der Waals surface area contributed by atoms with Crippen molar-refractivity contribution in [1.29, 1.82) is 0 Å². The third-order valence-electron chi connectivity index (χ3n) is 14.1. The number of Topliss-reactive ketones (excluding diaryl/α,β-unsaturated/α-hetero) is 1. The van der Waals surface area contributed by atoms with Crippen molar-refractivity contribution in [2.75, 3.05) is 0 Å². The van der Waals surface area contributed by atoms with E-state index < -0.39 is 28.9 Å². The van der Waals surface area contributed by atoms with Gasteiger partial charge in [0.1, 0.15) is 17.3 Å². The predicted octanol–water partition coefficient (Wildman–Crippen LogP) is 6.92. The Kier molecular flexibility index (Phi) is 6.10. The van der Waals surface area contributed by atoms with Crippen LogP contribution in [-0.2, 0) is 19.1 Å². The maximum absolute atomic E-state index is 14.5. The van der Waals surface area contributed by atoms with Crippen LogP contribution in [0.15, 0.2) is 0 Å². The second-order valence-electron chi connectivity index (χ2n) is 15.4. The summed E-state index contributed by atoms with van der Waals surface area (Å²) in [5.41, 5.74) is -1.34. The zero-order chi connectivity index (χ0) is 27.3. The van der Waals surface area contributed by atoms with Crippen molar-refractivity contribution in [1.82, 2.24) is 0 Å². The zero-order valence-electron chi connectivity index (χ0n) is 24.5. The molecule has 5 unspecified atom stereocenters. The van der Waals surface area contributed by atoms with E-state index >= 15 is 0 Å². The first-order valence-corrected chi connectivity index (χ1v) is 15.0. The lowest BCUT2D eigenvalue weighted by Gasteiger charge is -2.73. The van der Waals surface area contributed by atoms with Gasteiger partial charge in [-0.25, -0.2) is 0 Å². The van der Waals surface area contributed by atoms with Gasteiger partial charge >= 0.3 is 11.9 Å². The monoisotopic (exact) mass is 514 g/mol. The van der Waals surface area contributed by atoms with E-state index in [4.69, 9.17) is 4.74 Å². The molecule has 12 atom stereocenters. The van der Waals surface area contributed by atoms with Gasteiger partial charge in [0.05, 0.1) is 0 Å². The molecule has 0 heterocycles. The lowest BCUT2D eigenvalue weighted by atomic mass is 9.31. The summed E-state index contributed by atoms with van der Waals surface area (Å²) < 4.78 is 5.64. The summed E-state index contributed by atoms with van der Waals surface area (Å²) in [7, 11) is 0. The number of carboxylic acids is 1. The van der Waals surface area contributed by atoms with Crippen molar-refractivity contribution < 1.29 is 24.2 Å². The first-order valence-electron chi connectivity index (χ1n) is 15.0. The number of carbonyl (C=O) groups is 3. The molecule has 0 aliphatic heterocycles. The molecule has 0 aromatic rings. The van der Waals surface area contributed by atoms with Crippen LogP contribution in [0.25, 0.3) is 0 Å². The van der Waals surface area contributed by atoms with Crippen LogP contribution >= 0.6 is 0 Å². The Morgan fingerprint density at radius 2 is 1.57 bits per heavy atom. The fraction of sp³-hybridized carbons (Fsp3) is 0.906. The number of ketones is 1. The van der Waals surface area contributed by atoms with E-state index in [0.717, 1.165) is 19.3 Å². The van der Waals surface area contributed by atoms with Crippen molar-refractivity contribution in [2.24, 2.45) is 62.6 Å². The second-order valence-corrected chi connectivity index (χ2v) is 15.4. The van der Waals surface area contributed by atoms with E-state index in [2.05, 4.69) is 41.5 Å². The lowest BCUT2D eigenvalue weighted by Crippen LogP contribution is -2.70. The Bertz CT molecular complexity index is 1010. The second kappa shape index (κ2) is 8.31. The number of esters is 1. The van der Waals surface area contributed by atoms with E-state index in [1.54, 1.807) is 6.92 Å². The zero-order valence-corrected chi connectivity index (χ0v) is 24.5. The van der Waals surface area contributed by atoms with Gasteiger partial charge in [-0.05, 0) is 110 Å². The van der Waals surface area contributed by atoms with Gasteiger partial charge in [0, 0.05) is 19.3 Å². The van der Waals surface area contributed by atoms with E-state index in [1.807, 2.05) is 0 Å². The summed E-state index contributed by atoms with van der Waals surface area (Å²) in [6, 6.07) is 0. The number of ether oxygens (including phenoxy) is 1. The van der Waals surface area contributed by atoms with Gasteiger partial charge in [0.25, 0.3) is 0 Å². The molecule has 5 fully saturated rings. The van der Waals surface area contributed by atoms with Crippen molar-refractivity contribution in [2.45, 2.75) is 119 Å². The SMILES string of the molecule is CC(=O)O[C@@H]1CC[C@@]2(C)C(CC[C@]3(C)C2C(=O)CC2C4C(C)[C@H](C)CC[C@]4(C)CC[C@]23C)[C@@]1(C)C(=O)O. The highest BCUT2D eigenvalue weighted by atomic mass is 16.5. The fourth-order valence-corrected chi connectivity index (χ4v) is 11.8. The smallest absolute Gasteiger partial charge is 0.313 e. The van der Waals surface area contributed by atoms with Crippen LogP contribution in [0.1, 0.15) is 113 Å². The molecule has 0 aromatic carbocycles. The number of aliphatic carboxylic acids is 1. The van der Waals surface area contributed by atoms with Gasteiger partial charge in [-0.2, -0.15) is 0 Å². The van der Waals surface area contributed by atoms with Crippen molar-refractivity contribution >= 4 is 17.7 Å². The van der Waals surface area contributed by atoms with Crippen molar-refractivity contribution in [3.8, 4) is 0 Å². The van der Waals surface area contributed by atoms with Crippen LogP contribution in [0.2, 0.25) is 0 Å². The Morgan fingerprint density at radius 1 is 0.892 bits per heavy atom. The van der Waals surface area contributed by atoms with E-state index in [-0.39, 0.29) is 22.7 Å². The fourth-order valence-electron chi connectivity index (χ4n) is 11.8. The lowest BCUT2D eigenvalue weighted by molar-refractivity contribution is -0.250. The van der Waals surface area contributed by atoms with Crippen molar-refractivity contribution in [3.63, 3.8) is 0 Å². The third kappa shape index (κ3) is 3.36. The molecule has 5 rings (SSSR count). The normalized spacial score (nSPS) is 55.2. The molecule has 0 bridgehead atoms. The number of rotatable bonds is 2. The number of hydrogen-bond donors (Lipinski definition) is 1. The average molecular weight is 515 g/mol. The molecule has 5 aliphatic rings. The highest BCUT2D eigenvalue weighted by molar-refractivity contribution is 5.85. The quantitative estimate of drug-likeness (QED) is 0.405. The Hall–Kier alpha value is -1.39. The molecule has 0 radical (unpaired) electrons. The predicted molar refractivity (Wildman–Crippen MR) is 143 cm³/mol. The number of carbonyl (C=O) groups excluding carboxylic acids is 2. The minimum atomic E-state index is -1.18. The Morgan fingerprint density at radius 3 is 2.19 bits per heavy atom. The number of hydrogen-bond acceptors (Lipinski definition) is 4. The minimum Gasteiger partial charge on any atom is -0.481 e. The van der Waals surface area contributed by atoms with Gasteiger partial charge < -0.3 is 9.84 Å². The Balaban J connectivity index is 1.57. The maximum atomic E-state index is 14.5. The van der Waals surface area contributed by atoms with Gasteiger partial charge in [0.2, 0.25) is 0 Å². The van der Waals surface area contributed by atoms with Crippen LogP contribution in [0, 0.1) is 62.6 Å². The highest BCUT2D eigenvalue weighted by Gasteiger charge is 2.73. The molecule has 1 N–H and O–H groups in total. The average Bonchev–Trinajstić information content (AvgIpc) is 2.79. The molecule has 5 heteroatoms. The van der Waals surface area contributed by atoms with E-state index in [9.17, 15) is 19.5 Å². The van der Waals surface area contributed by atoms with Crippen LogP contribution in [-0.4, -0.2) is 28.9 Å². The number of fused-ring (bicyclic) bond motifs is 7. The molecular weight excluding hydrogens is 464 g/mol. The van der Waals surface area contributed by atoms with Gasteiger partial charge in [-0.3, -0.25) is 14.4 Å². The molecule has 5 aliphatic carbocycles. The highest BCUT2D eigenvalue weighted by Crippen LogP contribution is 2.76. The first-order chi connectivity index (χ1) is 17.1. The molecule has 37 heavy (non-hydrogen) atoms. The molecule has 0 aromatic heterocycles. The van der Waals surface area contributed by atoms with Gasteiger partial charge in [-0.1, -0.05) is 41.5 Å². The molecule has 208 valence electrons. The summed E-state index contributed by atoms with van der Waals surface area (Å²) in [6.07, 6.45) is 7.86. The summed E-state index contributed by atoms with van der Waals surface area (Å²) in [5.74, 6) is 1.02. The summed E-state index contributed by atoms with van der Waals surface area (Å²) in [4.78, 5) is 39.2. The van der Waals surface area contributed by atoms with Crippen LogP contribution in [0.3, 0.4) is 0 Å². The molecule has 5 saturated carbocycles. The minimum absolute atomic E-state index is 0.0708. The molecule has 0 amide bonds. The summed E-state index contributed by atoms with van der Waals surface area (Å²) in [5, 5.41) is 10.5. The molecule has 0 spiro atoms. The number of carboxylic acid groups (broad SMARTS) is 1. The van der Waals surface area contributed by atoms with E-state index in [0.29, 0.717) is 47.7 Å². The van der Waals surface area contributed by atoms with Gasteiger partial charge in [-0.15, -0.1) is 0 Å². The summed E-state index contributed by atoms with van der Waals surface area (Å²) in [6.45, 7) is 17.6. The standard InChI is InChI=1S/C32H50O5/c1-18-9-12-28(4)15-16-30(6)21(25(28)19(18)2)17-22(34)26-29(5)13-11-24(37-20(3)33)32(8,27(35)36)23(29)10-14-31(26,30)7/h18-19,21,23-26H,9-17H2,1-8H3,(H,35,36)/t18-,19?,21?,23?,24-,25?,26?,28-,29+,30-,31-,32-/m1/s1. The maximum Gasteiger partial charge on any atom is 0.313 e. The third-order valence-corrected chi connectivity index (χ3v) is 14.1. The first kappa shape index (κ1) is 27.2. The van der Waals surface area contributed by atoms with Crippen LogP contribution in [0.5, 0.6) is 0 Å². The van der Waals surface area contributed by atoms with Crippen molar-refractivity contribution in [3.05, 3.63) is 0 Å². The molecular formula is C32H50O5. The largest absolute Gasteiger partial charge is 0.481 e. The summed E-state index contributed by atoms with van der Waals surface area (Å²) >= 11 is 0. The molecule has 5 nitrogen and oxygen atoms in total. The van der Waals surface area contributed by atoms with Crippen LogP contribution in [0.4, 0.5) is 0 Å². The van der Waals surface area contributed by atoms with Crippen LogP contribution < -0.4 is 0 Å². The topological polar surface area (TPSA) is 80.7 Å².